The van der Waals surface area contributed by atoms with Gasteiger partial charge in [-0.05, 0) is 36.8 Å². The van der Waals surface area contributed by atoms with Crippen molar-refractivity contribution in [1.29, 1.82) is 5.26 Å². The SMILES string of the molecule is N#Cc1cccc(Nc2cccc(N3CCCNC3=O)c2)n1. The van der Waals surface area contributed by atoms with Gasteiger partial charge in [-0.25, -0.2) is 9.78 Å². The highest BCUT2D eigenvalue weighted by atomic mass is 16.2. The van der Waals surface area contributed by atoms with Gasteiger partial charge in [0.1, 0.15) is 17.6 Å². The van der Waals surface area contributed by atoms with Gasteiger partial charge < -0.3 is 10.6 Å². The van der Waals surface area contributed by atoms with Gasteiger partial charge in [0.2, 0.25) is 0 Å². The number of carbonyl (C=O) groups excluding carboxylic acids is 1. The molecule has 6 heteroatoms. The van der Waals surface area contributed by atoms with Gasteiger partial charge >= 0.3 is 6.03 Å². The Bertz CT molecular complexity index is 737. The van der Waals surface area contributed by atoms with Crippen LogP contribution in [0.4, 0.5) is 22.0 Å². The number of rotatable bonds is 3. The lowest BCUT2D eigenvalue weighted by Crippen LogP contribution is -2.46. The summed E-state index contributed by atoms with van der Waals surface area (Å²) in [6.07, 6.45) is 0.926. The molecule has 2 heterocycles. The topological polar surface area (TPSA) is 81.0 Å². The molecule has 0 radical (unpaired) electrons. The monoisotopic (exact) mass is 293 g/mol. The van der Waals surface area contributed by atoms with E-state index in [1.807, 2.05) is 30.3 Å². The third-order valence-corrected chi connectivity index (χ3v) is 3.37. The summed E-state index contributed by atoms with van der Waals surface area (Å²) in [6.45, 7) is 1.43. The molecule has 2 amide bonds. The van der Waals surface area contributed by atoms with Crippen LogP contribution in [-0.4, -0.2) is 24.1 Å². The van der Waals surface area contributed by atoms with Gasteiger partial charge in [0.25, 0.3) is 0 Å². The molecule has 3 rings (SSSR count). The summed E-state index contributed by atoms with van der Waals surface area (Å²) in [5.74, 6) is 0.597. The molecular formula is C16H15N5O. The number of nitriles is 1. The van der Waals surface area contributed by atoms with Crippen LogP contribution in [0.2, 0.25) is 0 Å². The highest BCUT2D eigenvalue weighted by molar-refractivity contribution is 5.93. The van der Waals surface area contributed by atoms with Crippen molar-refractivity contribution in [3.05, 3.63) is 48.2 Å². The van der Waals surface area contributed by atoms with Crippen molar-refractivity contribution in [2.45, 2.75) is 6.42 Å². The Morgan fingerprint density at radius 3 is 2.95 bits per heavy atom. The van der Waals surface area contributed by atoms with Crippen LogP contribution in [0.1, 0.15) is 12.1 Å². The fourth-order valence-electron chi connectivity index (χ4n) is 2.34. The van der Waals surface area contributed by atoms with Crippen molar-refractivity contribution in [3.63, 3.8) is 0 Å². The second-order valence-electron chi connectivity index (χ2n) is 4.93. The van der Waals surface area contributed by atoms with Crippen molar-refractivity contribution in [1.82, 2.24) is 10.3 Å². The fraction of sp³-hybridized carbons (Fsp3) is 0.188. The third-order valence-electron chi connectivity index (χ3n) is 3.37. The Balaban J connectivity index is 1.82. The molecule has 0 atom stereocenters. The quantitative estimate of drug-likeness (QED) is 0.911. The molecule has 2 aromatic rings. The minimum absolute atomic E-state index is 0.0759. The van der Waals surface area contributed by atoms with E-state index in [1.54, 1.807) is 23.1 Å². The molecule has 0 spiro atoms. The molecule has 0 aliphatic carbocycles. The first-order valence-corrected chi connectivity index (χ1v) is 7.06. The maximum atomic E-state index is 11.9. The van der Waals surface area contributed by atoms with Crippen molar-refractivity contribution in [2.75, 3.05) is 23.3 Å². The molecule has 1 aliphatic rings. The molecule has 1 aromatic carbocycles. The first-order chi connectivity index (χ1) is 10.8. The van der Waals surface area contributed by atoms with Crippen LogP contribution >= 0.6 is 0 Å². The van der Waals surface area contributed by atoms with E-state index in [0.717, 1.165) is 24.3 Å². The zero-order valence-corrected chi connectivity index (χ0v) is 11.9. The van der Waals surface area contributed by atoms with Crippen LogP contribution in [0.3, 0.4) is 0 Å². The second kappa shape index (κ2) is 6.14. The summed E-state index contributed by atoms with van der Waals surface area (Å²) in [5.41, 5.74) is 2.01. The maximum absolute atomic E-state index is 11.9. The van der Waals surface area contributed by atoms with Crippen molar-refractivity contribution < 1.29 is 4.79 Å². The van der Waals surface area contributed by atoms with E-state index < -0.39 is 0 Å². The average molecular weight is 293 g/mol. The maximum Gasteiger partial charge on any atom is 0.321 e. The molecule has 22 heavy (non-hydrogen) atoms. The number of pyridine rings is 1. The lowest BCUT2D eigenvalue weighted by molar-refractivity contribution is 0.243. The first kappa shape index (κ1) is 13.9. The second-order valence-corrected chi connectivity index (χ2v) is 4.93. The predicted molar refractivity (Wildman–Crippen MR) is 84.0 cm³/mol. The van der Waals surface area contributed by atoms with Crippen LogP contribution in [0.15, 0.2) is 42.5 Å². The van der Waals surface area contributed by atoms with Crippen molar-refractivity contribution in [3.8, 4) is 6.07 Å². The highest BCUT2D eigenvalue weighted by Gasteiger charge is 2.19. The lowest BCUT2D eigenvalue weighted by atomic mass is 10.2. The minimum atomic E-state index is -0.0759. The number of nitrogens with zero attached hydrogens (tertiary/aromatic N) is 3. The van der Waals surface area contributed by atoms with Gasteiger partial charge in [0.05, 0.1) is 0 Å². The Morgan fingerprint density at radius 2 is 2.14 bits per heavy atom. The molecule has 0 unspecified atom stereocenters. The van der Waals surface area contributed by atoms with Gasteiger partial charge in [-0.3, -0.25) is 4.90 Å². The van der Waals surface area contributed by atoms with Gasteiger partial charge in [-0.1, -0.05) is 12.1 Å². The third kappa shape index (κ3) is 2.99. The first-order valence-electron chi connectivity index (χ1n) is 7.06. The zero-order valence-electron chi connectivity index (χ0n) is 11.9. The number of urea groups is 1. The number of benzene rings is 1. The largest absolute Gasteiger partial charge is 0.340 e. The molecule has 1 aliphatic heterocycles. The highest BCUT2D eigenvalue weighted by Crippen LogP contribution is 2.23. The lowest BCUT2D eigenvalue weighted by Gasteiger charge is -2.27. The van der Waals surface area contributed by atoms with Crippen molar-refractivity contribution >= 4 is 23.2 Å². The van der Waals surface area contributed by atoms with Crippen LogP contribution in [0.25, 0.3) is 0 Å². The Labute approximate surface area is 128 Å². The number of carbonyl (C=O) groups is 1. The zero-order chi connectivity index (χ0) is 15.4. The van der Waals surface area contributed by atoms with E-state index in [-0.39, 0.29) is 6.03 Å². The molecule has 6 nitrogen and oxygen atoms in total. The number of hydrogen-bond acceptors (Lipinski definition) is 4. The molecule has 2 N–H and O–H groups in total. The molecular weight excluding hydrogens is 278 g/mol. The number of amides is 2. The van der Waals surface area contributed by atoms with Gasteiger partial charge in [-0.2, -0.15) is 5.26 Å². The summed E-state index contributed by atoms with van der Waals surface area (Å²) in [5, 5.41) is 14.9. The molecule has 0 bridgehead atoms. The number of nitrogens with one attached hydrogen (secondary N) is 2. The summed E-state index contributed by atoms with van der Waals surface area (Å²) in [4.78, 5) is 17.8. The predicted octanol–water partition coefficient (Wildman–Crippen LogP) is 2.62. The normalized spacial score (nSPS) is 14.1. The Morgan fingerprint density at radius 1 is 1.27 bits per heavy atom. The standard InChI is InChI=1S/C16H15N5O/c17-11-13-5-2-7-15(20-13)19-12-4-1-6-14(10-12)21-9-3-8-18-16(21)22/h1-2,4-7,10H,3,8-9H2,(H,18,22)(H,19,20). The van der Waals surface area contributed by atoms with E-state index in [0.29, 0.717) is 18.1 Å². The summed E-state index contributed by atoms with van der Waals surface area (Å²) >= 11 is 0. The van der Waals surface area contributed by atoms with E-state index in [9.17, 15) is 4.79 Å². The minimum Gasteiger partial charge on any atom is -0.340 e. The fourth-order valence-corrected chi connectivity index (χ4v) is 2.34. The van der Waals surface area contributed by atoms with Crippen LogP contribution in [0, 0.1) is 11.3 Å². The molecule has 1 saturated heterocycles. The van der Waals surface area contributed by atoms with E-state index in [1.165, 1.54) is 0 Å². The molecule has 0 saturated carbocycles. The average Bonchev–Trinajstić information content (AvgIpc) is 2.56. The van der Waals surface area contributed by atoms with Gasteiger partial charge in [0.15, 0.2) is 0 Å². The van der Waals surface area contributed by atoms with Crippen LogP contribution in [0.5, 0.6) is 0 Å². The van der Waals surface area contributed by atoms with Gasteiger partial charge in [-0.15, -0.1) is 0 Å². The van der Waals surface area contributed by atoms with Crippen LogP contribution < -0.4 is 15.5 Å². The Hall–Kier alpha value is -3.07. The molecule has 1 fully saturated rings. The summed E-state index contributed by atoms with van der Waals surface area (Å²) < 4.78 is 0. The van der Waals surface area contributed by atoms with Crippen LogP contribution in [-0.2, 0) is 0 Å². The number of hydrogen-bond donors (Lipinski definition) is 2. The summed E-state index contributed by atoms with van der Waals surface area (Å²) in [6, 6.07) is 14.7. The molecule has 1 aromatic heterocycles. The smallest absolute Gasteiger partial charge is 0.321 e. The summed E-state index contributed by atoms with van der Waals surface area (Å²) in [7, 11) is 0. The van der Waals surface area contributed by atoms with Gasteiger partial charge in [0, 0.05) is 24.5 Å². The van der Waals surface area contributed by atoms with Crippen molar-refractivity contribution in [2.24, 2.45) is 0 Å². The number of aromatic nitrogens is 1. The van der Waals surface area contributed by atoms with E-state index >= 15 is 0 Å². The Kier molecular flexibility index (Phi) is 3.88. The number of anilines is 3. The van der Waals surface area contributed by atoms with E-state index in [4.69, 9.17) is 5.26 Å². The van der Waals surface area contributed by atoms with E-state index in [2.05, 4.69) is 15.6 Å². The molecule has 110 valence electrons.